The standard InChI is InChI=1S/C35H46F2N2O5/c1-7-9-18-39(19-10-8-2)32-30(33(34(41)42)44-35(4,5)6)23(3)38-28(22-40)31(32)25-13-16-29(27(37)21-25)43-20-17-24-11-14-26(36)15-12-24/h11-16,21,33,40H,7-10,17-20,22H2,1-6H3,(H,41,42)/t33-/m0/s1. The molecule has 2 aromatic carbocycles. The number of aromatic nitrogens is 1. The molecule has 0 aliphatic carbocycles. The lowest BCUT2D eigenvalue weighted by Crippen LogP contribution is -2.33. The molecule has 9 heteroatoms. The molecule has 0 amide bonds. The second kappa shape index (κ2) is 16.0. The highest BCUT2D eigenvalue weighted by Crippen LogP contribution is 2.43. The molecular formula is C35H46F2N2O5. The summed E-state index contributed by atoms with van der Waals surface area (Å²) in [4.78, 5) is 19.5. The van der Waals surface area contributed by atoms with E-state index < -0.39 is 30.1 Å². The number of ether oxygens (including phenoxy) is 2. The molecule has 0 spiro atoms. The maximum absolute atomic E-state index is 15.6. The maximum Gasteiger partial charge on any atom is 0.337 e. The summed E-state index contributed by atoms with van der Waals surface area (Å²) in [7, 11) is 0. The number of aryl methyl sites for hydroxylation is 1. The molecule has 7 nitrogen and oxygen atoms in total. The second-order valence-electron chi connectivity index (χ2n) is 12.0. The topological polar surface area (TPSA) is 92.1 Å². The number of nitrogens with zero attached hydrogens (tertiary/aromatic N) is 2. The van der Waals surface area contributed by atoms with Crippen molar-refractivity contribution in [3.05, 3.63) is 76.6 Å². The minimum atomic E-state index is -1.34. The minimum Gasteiger partial charge on any atom is -0.490 e. The van der Waals surface area contributed by atoms with E-state index in [0.29, 0.717) is 53.3 Å². The lowest BCUT2D eigenvalue weighted by Gasteiger charge is -2.34. The predicted octanol–water partition coefficient (Wildman–Crippen LogP) is 7.80. The summed E-state index contributed by atoms with van der Waals surface area (Å²) in [6, 6.07) is 10.6. The van der Waals surface area contributed by atoms with Gasteiger partial charge in [0, 0.05) is 36.3 Å². The van der Waals surface area contributed by atoms with E-state index in [4.69, 9.17) is 9.47 Å². The molecule has 1 atom stereocenters. The van der Waals surface area contributed by atoms with Crippen molar-refractivity contribution in [3.8, 4) is 16.9 Å². The first-order valence-electron chi connectivity index (χ1n) is 15.4. The van der Waals surface area contributed by atoms with Crippen molar-refractivity contribution in [3.63, 3.8) is 0 Å². The Morgan fingerprint density at radius 2 is 1.66 bits per heavy atom. The summed E-state index contributed by atoms with van der Waals surface area (Å²) in [5.74, 6) is -2.03. The molecule has 0 aliphatic rings. The first-order valence-corrected chi connectivity index (χ1v) is 15.4. The van der Waals surface area contributed by atoms with E-state index in [9.17, 15) is 19.4 Å². The minimum absolute atomic E-state index is 0.0524. The van der Waals surface area contributed by atoms with Crippen LogP contribution in [-0.2, 0) is 22.6 Å². The third kappa shape index (κ3) is 9.22. The van der Waals surface area contributed by atoms with Gasteiger partial charge in [0.2, 0.25) is 0 Å². The van der Waals surface area contributed by atoms with Gasteiger partial charge in [0.1, 0.15) is 5.82 Å². The van der Waals surface area contributed by atoms with Crippen LogP contribution in [0.5, 0.6) is 5.75 Å². The van der Waals surface area contributed by atoms with Crippen molar-refractivity contribution < 1.29 is 33.3 Å². The van der Waals surface area contributed by atoms with Gasteiger partial charge >= 0.3 is 5.97 Å². The Hall–Kier alpha value is -3.56. The predicted molar refractivity (Wildman–Crippen MR) is 169 cm³/mol. The zero-order valence-electron chi connectivity index (χ0n) is 26.8. The first-order chi connectivity index (χ1) is 20.9. The smallest absolute Gasteiger partial charge is 0.337 e. The van der Waals surface area contributed by atoms with E-state index >= 15 is 4.39 Å². The van der Waals surface area contributed by atoms with Crippen molar-refractivity contribution in [2.45, 2.75) is 92.0 Å². The van der Waals surface area contributed by atoms with Gasteiger partial charge in [0.05, 0.1) is 30.2 Å². The fourth-order valence-electron chi connectivity index (χ4n) is 5.14. The summed E-state index contributed by atoms with van der Waals surface area (Å²) >= 11 is 0. The maximum atomic E-state index is 15.6. The van der Waals surface area contributed by atoms with Gasteiger partial charge in [-0.25, -0.2) is 13.6 Å². The third-order valence-electron chi connectivity index (χ3n) is 7.24. The summed E-state index contributed by atoms with van der Waals surface area (Å²) in [5.41, 5.74) is 2.74. The Labute approximate surface area is 259 Å². The van der Waals surface area contributed by atoms with Crippen LogP contribution in [0.4, 0.5) is 14.5 Å². The Balaban J connectivity index is 2.17. The van der Waals surface area contributed by atoms with Gasteiger partial charge in [-0.1, -0.05) is 44.9 Å². The Bertz CT molecular complexity index is 1380. The number of hydrogen-bond donors (Lipinski definition) is 2. The highest BCUT2D eigenvalue weighted by atomic mass is 19.1. The van der Waals surface area contributed by atoms with E-state index in [1.807, 2.05) is 0 Å². The van der Waals surface area contributed by atoms with Gasteiger partial charge in [0.15, 0.2) is 17.7 Å². The van der Waals surface area contributed by atoms with Crippen LogP contribution >= 0.6 is 0 Å². The molecule has 0 radical (unpaired) electrons. The number of carbonyl (C=O) groups is 1. The number of halogens is 2. The number of pyridine rings is 1. The zero-order chi connectivity index (χ0) is 32.4. The molecule has 2 N–H and O–H groups in total. The average Bonchev–Trinajstić information content (AvgIpc) is 2.97. The largest absolute Gasteiger partial charge is 0.490 e. The molecule has 0 aliphatic heterocycles. The highest BCUT2D eigenvalue weighted by Gasteiger charge is 2.35. The normalized spacial score (nSPS) is 12.3. The summed E-state index contributed by atoms with van der Waals surface area (Å²) in [5, 5.41) is 20.9. The Kier molecular flexibility index (Phi) is 12.7. The molecule has 0 fully saturated rings. The molecule has 1 aromatic heterocycles. The zero-order valence-corrected chi connectivity index (χ0v) is 26.8. The molecule has 0 bridgehead atoms. The number of aliphatic hydroxyl groups is 1. The first kappa shape index (κ1) is 34.9. The monoisotopic (exact) mass is 612 g/mol. The number of benzene rings is 2. The van der Waals surface area contributed by atoms with Crippen LogP contribution in [-0.4, -0.2) is 46.5 Å². The summed E-state index contributed by atoms with van der Waals surface area (Å²) < 4.78 is 40.7. The van der Waals surface area contributed by atoms with Crippen LogP contribution in [0, 0.1) is 18.6 Å². The number of aliphatic carboxylic acids is 1. The van der Waals surface area contributed by atoms with Crippen LogP contribution in [0.15, 0.2) is 42.5 Å². The summed E-state index contributed by atoms with van der Waals surface area (Å²) in [6.45, 7) is 12.3. The fraction of sp³-hybridized carbons (Fsp3) is 0.486. The SMILES string of the molecule is CCCCN(CCCC)c1c(-c2ccc(OCCc3ccc(F)cc3)c(F)c2)c(CO)nc(C)c1[C@H](OC(C)(C)C)C(=O)O. The average molecular weight is 613 g/mol. The third-order valence-corrected chi connectivity index (χ3v) is 7.24. The van der Waals surface area contributed by atoms with Crippen LogP contribution in [0.25, 0.3) is 11.1 Å². The van der Waals surface area contributed by atoms with Gasteiger partial charge in [-0.3, -0.25) is 4.98 Å². The number of carboxylic acids is 1. The summed E-state index contributed by atoms with van der Waals surface area (Å²) in [6.07, 6.45) is 2.68. The number of anilines is 1. The number of hydrogen-bond acceptors (Lipinski definition) is 6. The van der Waals surface area contributed by atoms with Gasteiger partial charge in [-0.2, -0.15) is 0 Å². The van der Waals surface area contributed by atoms with Crippen LogP contribution in [0.1, 0.15) is 88.9 Å². The van der Waals surface area contributed by atoms with Gasteiger partial charge in [0.25, 0.3) is 0 Å². The lowest BCUT2D eigenvalue weighted by molar-refractivity contribution is -0.160. The van der Waals surface area contributed by atoms with Crippen molar-refractivity contribution in [1.82, 2.24) is 4.98 Å². The van der Waals surface area contributed by atoms with Crippen molar-refractivity contribution >= 4 is 11.7 Å². The van der Waals surface area contributed by atoms with Gasteiger partial charge in [-0.15, -0.1) is 0 Å². The molecule has 0 saturated carbocycles. The van der Waals surface area contributed by atoms with E-state index in [1.54, 1.807) is 45.9 Å². The molecule has 44 heavy (non-hydrogen) atoms. The van der Waals surface area contributed by atoms with E-state index in [-0.39, 0.29) is 18.2 Å². The number of carboxylic acid groups (broad SMARTS) is 1. The van der Waals surface area contributed by atoms with Gasteiger partial charge in [-0.05, 0) is 75.9 Å². The fourth-order valence-corrected chi connectivity index (χ4v) is 5.14. The van der Waals surface area contributed by atoms with E-state index in [1.165, 1.54) is 24.3 Å². The van der Waals surface area contributed by atoms with Gasteiger partial charge < -0.3 is 24.6 Å². The molecule has 1 heterocycles. The molecular weight excluding hydrogens is 566 g/mol. The number of unbranched alkanes of at least 4 members (excludes halogenated alkanes) is 2. The lowest BCUT2D eigenvalue weighted by atomic mass is 9.92. The number of aliphatic hydroxyl groups excluding tert-OH is 1. The molecule has 3 rings (SSSR count). The molecule has 240 valence electrons. The van der Waals surface area contributed by atoms with Crippen LogP contribution in [0.3, 0.4) is 0 Å². The Morgan fingerprint density at radius 1 is 1.02 bits per heavy atom. The second-order valence-corrected chi connectivity index (χ2v) is 12.0. The van der Waals surface area contributed by atoms with Crippen molar-refractivity contribution in [1.29, 1.82) is 0 Å². The Morgan fingerprint density at radius 3 is 2.18 bits per heavy atom. The van der Waals surface area contributed by atoms with Crippen molar-refractivity contribution in [2.24, 2.45) is 0 Å². The van der Waals surface area contributed by atoms with E-state index in [0.717, 1.165) is 31.2 Å². The highest BCUT2D eigenvalue weighted by molar-refractivity contribution is 5.88. The van der Waals surface area contributed by atoms with Crippen LogP contribution < -0.4 is 9.64 Å². The van der Waals surface area contributed by atoms with Crippen molar-refractivity contribution in [2.75, 3.05) is 24.6 Å². The number of rotatable bonds is 16. The molecule has 0 saturated heterocycles. The quantitative estimate of drug-likeness (QED) is 0.171. The molecule has 0 unspecified atom stereocenters. The van der Waals surface area contributed by atoms with Crippen LogP contribution in [0.2, 0.25) is 0 Å². The molecule has 3 aromatic rings. The van der Waals surface area contributed by atoms with E-state index in [2.05, 4.69) is 23.7 Å².